The van der Waals surface area contributed by atoms with E-state index in [1.807, 2.05) is 12.1 Å². The Kier molecular flexibility index (Phi) is 3.83. The molecule has 2 nitrogen and oxygen atoms in total. The molecule has 1 aliphatic heterocycles. The summed E-state index contributed by atoms with van der Waals surface area (Å²) in [4.78, 5) is 2.54. The second kappa shape index (κ2) is 5.35. The smallest absolute Gasteiger partial charge is 0.0317 e. The molecular weight excluding hydrogens is 196 g/mol. The molecule has 2 N–H and O–H groups in total. The molecule has 1 aromatic carbocycles. The van der Waals surface area contributed by atoms with Crippen LogP contribution in [0.1, 0.15) is 31.7 Å². The number of rotatable bonds is 3. The van der Waals surface area contributed by atoms with Crippen molar-refractivity contribution in [2.75, 3.05) is 18.8 Å². The summed E-state index contributed by atoms with van der Waals surface area (Å²) in [5, 5.41) is 0. The van der Waals surface area contributed by atoms with Gasteiger partial charge in [0.05, 0.1) is 0 Å². The van der Waals surface area contributed by atoms with Crippen molar-refractivity contribution < 1.29 is 0 Å². The third-order valence-corrected chi connectivity index (χ3v) is 3.64. The van der Waals surface area contributed by atoms with Gasteiger partial charge in [0, 0.05) is 12.2 Å². The lowest BCUT2D eigenvalue weighted by Crippen LogP contribution is -2.32. The fourth-order valence-electron chi connectivity index (χ4n) is 2.50. The first kappa shape index (κ1) is 11.5. The van der Waals surface area contributed by atoms with E-state index in [0.29, 0.717) is 0 Å². The maximum Gasteiger partial charge on any atom is 0.0317 e. The summed E-state index contributed by atoms with van der Waals surface area (Å²) in [5.74, 6) is 0.956. The first-order chi connectivity index (χ1) is 7.78. The molecular formula is C14H22N2. The quantitative estimate of drug-likeness (QED) is 0.790. The van der Waals surface area contributed by atoms with Gasteiger partial charge in [0.2, 0.25) is 0 Å². The van der Waals surface area contributed by atoms with Crippen LogP contribution in [-0.4, -0.2) is 18.0 Å². The third-order valence-electron chi connectivity index (χ3n) is 3.64. The molecule has 1 fully saturated rings. The average Bonchev–Trinajstić information content (AvgIpc) is 2.30. The molecule has 0 aromatic heterocycles. The number of likely N-dealkylation sites (tertiary alicyclic amines) is 1. The van der Waals surface area contributed by atoms with E-state index in [1.165, 1.54) is 37.9 Å². The first-order valence-corrected chi connectivity index (χ1v) is 6.34. The summed E-state index contributed by atoms with van der Waals surface area (Å²) in [6.45, 7) is 5.85. The molecule has 0 aliphatic carbocycles. The second-order valence-corrected chi connectivity index (χ2v) is 4.87. The largest absolute Gasteiger partial charge is 0.399 e. The fourth-order valence-corrected chi connectivity index (χ4v) is 2.50. The van der Waals surface area contributed by atoms with Crippen molar-refractivity contribution in [3.63, 3.8) is 0 Å². The van der Waals surface area contributed by atoms with Crippen LogP contribution in [0.3, 0.4) is 0 Å². The van der Waals surface area contributed by atoms with Crippen molar-refractivity contribution in [3.05, 3.63) is 29.8 Å². The molecule has 0 spiro atoms. The Balaban J connectivity index is 1.87. The zero-order chi connectivity index (χ0) is 11.4. The van der Waals surface area contributed by atoms with Gasteiger partial charge in [0.15, 0.2) is 0 Å². The standard InChI is InChI=1S/C14H22N2/c1-2-12-6-8-16(9-7-12)11-13-4-3-5-14(15)10-13/h3-5,10,12H,2,6-9,11,15H2,1H3. The van der Waals surface area contributed by atoms with E-state index in [9.17, 15) is 0 Å². The lowest BCUT2D eigenvalue weighted by molar-refractivity contribution is 0.175. The van der Waals surface area contributed by atoms with Gasteiger partial charge in [-0.1, -0.05) is 25.5 Å². The molecule has 1 aliphatic rings. The molecule has 88 valence electrons. The van der Waals surface area contributed by atoms with Gasteiger partial charge in [0.1, 0.15) is 0 Å². The van der Waals surface area contributed by atoms with Crippen LogP contribution in [0.2, 0.25) is 0 Å². The number of benzene rings is 1. The van der Waals surface area contributed by atoms with E-state index in [-0.39, 0.29) is 0 Å². The molecule has 1 heterocycles. The van der Waals surface area contributed by atoms with Crippen molar-refractivity contribution >= 4 is 5.69 Å². The van der Waals surface area contributed by atoms with E-state index in [1.54, 1.807) is 0 Å². The van der Waals surface area contributed by atoms with Crippen LogP contribution in [0.5, 0.6) is 0 Å². The molecule has 0 bridgehead atoms. The van der Waals surface area contributed by atoms with Crippen LogP contribution in [0.4, 0.5) is 5.69 Å². The lowest BCUT2D eigenvalue weighted by atomic mass is 9.94. The topological polar surface area (TPSA) is 29.3 Å². The number of hydrogen-bond donors (Lipinski definition) is 1. The normalized spacial score (nSPS) is 18.8. The Bertz CT molecular complexity index is 327. The van der Waals surface area contributed by atoms with Crippen molar-refractivity contribution in [1.82, 2.24) is 4.90 Å². The maximum absolute atomic E-state index is 5.79. The van der Waals surface area contributed by atoms with Gasteiger partial charge in [-0.2, -0.15) is 0 Å². The molecule has 2 heteroatoms. The van der Waals surface area contributed by atoms with Gasteiger partial charge >= 0.3 is 0 Å². The number of nitrogens with two attached hydrogens (primary N) is 1. The predicted molar refractivity (Wildman–Crippen MR) is 69.1 cm³/mol. The van der Waals surface area contributed by atoms with Crippen LogP contribution in [0.15, 0.2) is 24.3 Å². The van der Waals surface area contributed by atoms with Crippen molar-refractivity contribution in [2.45, 2.75) is 32.7 Å². The van der Waals surface area contributed by atoms with Gasteiger partial charge in [-0.3, -0.25) is 4.90 Å². The van der Waals surface area contributed by atoms with Gasteiger partial charge in [-0.05, 0) is 49.5 Å². The fraction of sp³-hybridized carbons (Fsp3) is 0.571. The number of piperidine rings is 1. The molecule has 0 saturated carbocycles. The van der Waals surface area contributed by atoms with Crippen LogP contribution in [0.25, 0.3) is 0 Å². The molecule has 0 radical (unpaired) electrons. The van der Waals surface area contributed by atoms with Gasteiger partial charge < -0.3 is 5.73 Å². The SMILES string of the molecule is CCC1CCN(Cc2cccc(N)c2)CC1. The molecule has 0 atom stereocenters. The minimum absolute atomic E-state index is 0.876. The molecule has 1 saturated heterocycles. The molecule has 2 rings (SSSR count). The summed E-state index contributed by atoms with van der Waals surface area (Å²) in [6.07, 6.45) is 4.06. The number of anilines is 1. The first-order valence-electron chi connectivity index (χ1n) is 6.34. The van der Waals surface area contributed by atoms with Crippen LogP contribution < -0.4 is 5.73 Å². The van der Waals surface area contributed by atoms with Crippen molar-refractivity contribution in [3.8, 4) is 0 Å². The summed E-state index contributed by atoms with van der Waals surface area (Å²) < 4.78 is 0. The van der Waals surface area contributed by atoms with Crippen LogP contribution in [0, 0.1) is 5.92 Å². The van der Waals surface area contributed by atoms with Gasteiger partial charge in [-0.15, -0.1) is 0 Å². The van der Waals surface area contributed by atoms with Crippen molar-refractivity contribution in [1.29, 1.82) is 0 Å². The van der Waals surface area contributed by atoms with Crippen LogP contribution in [-0.2, 0) is 6.54 Å². The zero-order valence-corrected chi connectivity index (χ0v) is 10.2. The van der Waals surface area contributed by atoms with E-state index < -0.39 is 0 Å². The van der Waals surface area contributed by atoms with Crippen LogP contribution >= 0.6 is 0 Å². The number of nitrogen functional groups attached to an aromatic ring is 1. The predicted octanol–water partition coefficient (Wildman–Crippen LogP) is 2.89. The van der Waals surface area contributed by atoms with E-state index in [2.05, 4.69) is 24.0 Å². The van der Waals surface area contributed by atoms with Gasteiger partial charge in [-0.25, -0.2) is 0 Å². The highest BCUT2D eigenvalue weighted by atomic mass is 15.1. The summed E-state index contributed by atoms with van der Waals surface area (Å²) in [5.41, 5.74) is 8.01. The Hall–Kier alpha value is -1.02. The third kappa shape index (κ3) is 2.99. The maximum atomic E-state index is 5.79. The Labute approximate surface area is 98.4 Å². The second-order valence-electron chi connectivity index (χ2n) is 4.87. The van der Waals surface area contributed by atoms with E-state index in [4.69, 9.17) is 5.73 Å². The van der Waals surface area contributed by atoms with Gasteiger partial charge in [0.25, 0.3) is 0 Å². The zero-order valence-electron chi connectivity index (χ0n) is 10.2. The Morgan fingerprint density at radius 1 is 1.31 bits per heavy atom. The average molecular weight is 218 g/mol. The van der Waals surface area contributed by atoms with E-state index >= 15 is 0 Å². The minimum Gasteiger partial charge on any atom is -0.399 e. The highest BCUT2D eigenvalue weighted by molar-refractivity contribution is 5.40. The Morgan fingerprint density at radius 2 is 2.06 bits per heavy atom. The Morgan fingerprint density at radius 3 is 2.69 bits per heavy atom. The van der Waals surface area contributed by atoms with E-state index in [0.717, 1.165) is 18.2 Å². The highest BCUT2D eigenvalue weighted by Gasteiger charge is 2.17. The molecule has 0 unspecified atom stereocenters. The van der Waals surface area contributed by atoms with Crippen molar-refractivity contribution in [2.24, 2.45) is 5.92 Å². The summed E-state index contributed by atoms with van der Waals surface area (Å²) in [7, 11) is 0. The summed E-state index contributed by atoms with van der Waals surface area (Å²) >= 11 is 0. The number of nitrogens with zero attached hydrogens (tertiary/aromatic N) is 1. The number of hydrogen-bond acceptors (Lipinski definition) is 2. The summed E-state index contributed by atoms with van der Waals surface area (Å²) in [6, 6.07) is 8.25. The minimum atomic E-state index is 0.876. The molecule has 16 heavy (non-hydrogen) atoms. The highest BCUT2D eigenvalue weighted by Crippen LogP contribution is 2.21. The lowest BCUT2D eigenvalue weighted by Gasteiger charge is -2.31. The molecule has 0 amide bonds. The monoisotopic (exact) mass is 218 g/mol. The molecule has 1 aromatic rings.